The minimum absolute atomic E-state index is 0.277. The maximum Gasteiger partial charge on any atom is 0.119 e. The maximum absolute atomic E-state index is 10.2. The number of hydrogen-bond donors (Lipinski definition) is 1. The van der Waals surface area contributed by atoms with Gasteiger partial charge in [0.2, 0.25) is 0 Å². The summed E-state index contributed by atoms with van der Waals surface area (Å²) >= 11 is 0. The number of fused-ring (bicyclic) bond motifs is 1. The summed E-state index contributed by atoms with van der Waals surface area (Å²) < 4.78 is 0. The van der Waals surface area contributed by atoms with Gasteiger partial charge in [-0.05, 0) is 35.4 Å². The van der Waals surface area contributed by atoms with E-state index in [2.05, 4.69) is 6.07 Å². The van der Waals surface area contributed by atoms with Crippen molar-refractivity contribution in [2.24, 2.45) is 0 Å². The van der Waals surface area contributed by atoms with Gasteiger partial charge in [-0.3, -0.25) is 0 Å². The van der Waals surface area contributed by atoms with Gasteiger partial charge in [0.15, 0.2) is 0 Å². The minimum Gasteiger partial charge on any atom is -0.508 e. The summed E-state index contributed by atoms with van der Waals surface area (Å²) in [5.74, 6) is 0.277. The van der Waals surface area contributed by atoms with Gasteiger partial charge in [-0.1, -0.05) is 48.0 Å². The first-order valence-corrected chi connectivity index (χ1v) is 6.88. The highest BCUT2D eigenvalue weighted by molar-refractivity contribution is 5.88. The van der Waals surface area contributed by atoms with Crippen molar-refractivity contribution in [1.29, 1.82) is 5.26 Å². The molecule has 3 rings (SSSR count). The first-order chi connectivity index (χ1) is 10.2. The molecule has 0 saturated carbocycles. The van der Waals surface area contributed by atoms with Crippen LogP contribution in [0.3, 0.4) is 0 Å². The predicted molar refractivity (Wildman–Crippen MR) is 84.3 cm³/mol. The van der Waals surface area contributed by atoms with Crippen LogP contribution in [-0.4, -0.2) is 5.11 Å². The molecule has 0 bridgehead atoms. The van der Waals surface area contributed by atoms with Gasteiger partial charge in [-0.15, -0.1) is 0 Å². The summed E-state index contributed by atoms with van der Waals surface area (Å²) in [5, 5.41) is 21.6. The monoisotopic (exact) mass is 273 g/mol. The van der Waals surface area contributed by atoms with Crippen molar-refractivity contribution in [3.63, 3.8) is 0 Å². The summed E-state index contributed by atoms with van der Waals surface area (Å²) in [4.78, 5) is 0. The number of phenolic OH excluding ortho intramolecular Hbond substituents is 1. The van der Waals surface area contributed by atoms with Crippen molar-refractivity contribution in [2.45, 2.75) is 13.3 Å². The van der Waals surface area contributed by atoms with Gasteiger partial charge in [-0.25, -0.2) is 0 Å². The SMILES string of the molecule is Cc1ccc(C#N)c(Cc2c(O)ccc3ccccc23)c1. The third-order valence-electron chi connectivity index (χ3n) is 3.76. The van der Waals surface area contributed by atoms with E-state index in [0.717, 1.165) is 27.5 Å². The molecule has 0 amide bonds. The molecule has 0 saturated heterocycles. The fourth-order valence-electron chi connectivity index (χ4n) is 2.68. The quantitative estimate of drug-likeness (QED) is 0.755. The zero-order valence-electron chi connectivity index (χ0n) is 11.8. The summed E-state index contributed by atoms with van der Waals surface area (Å²) in [6, 6.07) is 19.6. The molecule has 0 atom stereocenters. The second kappa shape index (κ2) is 5.30. The molecule has 0 aliphatic carbocycles. The average molecular weight is 273 g/mol. The van der Waals surface area contributed by atoms with Crippen molar-refractivity contribution in [3.8, 4) is 11.8 Å². The molecular weight excluding hydrogens is 258 g/mol. The van der Waals surface area contributed by atoms with Crippen LogP contribution in [0.1, 0.15) is 22.3 Å². The first-order valence-electron chi connectivity index (χ1n) is 6.88. The predicted octanol–water partition coefficient (Wildman–Crippen LogP) is 4.32. The third kappa shape index (κ3) is 2.46. The Bertz CT molecular complexity index is 859. The van der Waals surface area contributed by atoms with Crippen LogP contribution in [0, 0.1) is 18.3 Å². The minimum atomic E-state index is 0.277. The fourth-order valence-corrected chi connectivity index (χ4v) is 2.68. The molecule has 0 fully saturated rings. The van der Waals surface area contributed by atoms with Crippen LogP contribution in [0.2, 0.25) is 0 Å². The summed E-state index contributed by atoms with van der Waals surface area (Å²) in [5.41, 5.74) is 3.59. The van der Waals surface area contributed by atoms with Crippen molar-refractivity contribution < 1.29 is 5.11 Å². The Hall–Kier alpha value is -2.79. The van der Waals surface area contributed by atoms with E-state index in [-0.39, 0.29) is 5.75 Å². The Morgan fingerprint density at radius 3 is 2.67 bits per heavy atom. The van der Waals surface area contributed by atoms with Crippen LogP contribution in [0.25, 0.3) is 10.8 Å². The zero-order valence-corrected chi connectivity index (χ0v) is 11.8. The Kier molecular flexibility index (Phi) is 3.33. The lowest BCUT2D eigenvalue weighted by Gasteiger charge is -2.11. The lowest BCUT2D eigenvalue weighted by Crippen LogP contribution is -1.95. The number of nitrogens with zero attached hydrogens (tertiary/aromatic N) is 1. The van der Waals surface area contributed by atoms with Crippen LogP contribution < -0.4 is 0 Å². The largest absolute Gasteiger partial charge is 0.508 e. The number of aromatic hydroxyl groups is 1. The van der Waals surface area contributed by atoms with Crippen LogP contribution >= 0.6 is 0 Å². The Morgan fingerprint density at radius 2 is 1.86 bits per heavy atom. The number of benzene rings is 3. The highest BCUT2D eigenvalue weighted by Gasteiger charge is 2.10. The van der Waals surface area contributed by atoms with E-state index in [1.165, 1.54) is 0 Å². The van der Waals surface area contributed by atoms with Gasteiger partial charge >= 0.3 is 0 Å². The van der Waals surface area contributed by atoms with Gasteiger partial charge in [-0.2, -0.15) is 5.26 Å². The molecule has 2 nitrogen and oxygen atoms in total. The van der Waals surface area contributed by atoms with E-state index in [1.807, 2.05) is 55.5 Å². The summed E-state index contributed by atoms with van der Waals surface area (Å²) in [6.45, 7) is 2.01. The summed E-state index contributed by atoms with van der Waals surface area (Å²) in [7, 11) is 0. The van der Waals surface area contributed by atoms with Crippen molar-refractivity contribution in [3.05, 3.63) is 76.9 Å². The third-order valence-corrected chi connectivity index (χ3v) is 3.76. The number of phenols is 1. The van der Waals surface area contributed by atoms with E-state index in [9.17, 15) is 10.4 Å². The van der Waals surface area contributed by atoms with Crippen LogP contribution in [0.4, 0.5) is 0 Å². The maximum atomic E-state index is 10.2. The molecule has 0 aromatic heterocycles. The smallest absolute Gasteiger partial charge is 0.119 e. The molecule has 21 heavy (non-hydrogen) atoms. The molecule has 0 aliphatic rings. The second-order valence-electron chi connectivity index (χ2n) is 5.23. The molecule has 0 heterocycles. The van der Waals surface area contributed by atoms with Gasteiger partial charge in [0, 0.05) is 12.0 Å². The number of rotatable bonds is 2. The van der Waals surface area contributed by atoms with E-state index in [1.54, 1.807) is 6.07 Å². The van der Waals surface area contributed by atoms with Crippen molar-refractivity contribution in [1.82, 2.24) is 0 Å². The normalized spacial score (nSPS) is 10.5. The summed E-state index contributed by atoms with van der Waals surface area (Å²) in [6.07, 6.45) is 0.553. The Balaban J connectivity index is 2.17. The van der Waals surface area contributed by atoms with Gasteiger partial charge in [0.1, 0.15) is 5.75 Å². The van der Waals surface area contributed by atoms with Gasteiger partial charge in [0.05, 0.1) is 11.6 Å². The lowest BCUT2D eigenvalue weighted by atomic mass is 9.94. The second-order valence-corrected chi connectivity index (χ2v) is 5.23. The van der Waals surface area contributed by atoms with E-state index in [0.29, 0.717) is 12.0 Å². The molecular formula is C19H15NO. The molecule has 102 valence electrons. The molecule has 3 aromatic carbocycles. The molecule has 1 N–H and O–H groups in total. The van der Waals surface area contributed by atoms with E-state index < -0.39 is 0 Å². The Morgan fingerprint density at radius 1 is 1.05 bits per heavy atom. The van der Waals surface area contributed by atoms with E-state index in [4.69, 9.17) is 0 Å². The van der Waals surface area contributed by atoms with E-state index >= 15 is 0 Å². The van der Waals surface area contributed by atoms with Crippen molar-refractivity contribution >= 4 is 10.8 Å². The first kappa shape index (κ1) is 13.2. The number of aryl methyl sites for hydroxylation is 1. The van der Waals surface area contributed by atoms with Crippen LogP contribution in [-0.2, 0) is 6.42 Å². The zero-order chi connectivity index (χ0) is 14.8. The molecule has 0 aliphatic heterocycles. The number of hydrogen-bond acceptors (Lipinski definition) is 2. The molecule has 0 radical (unpaired) electrons. The van der Waals surface area contributed by atoms with Crippen LogP contribution in [0.5, 0.6) is 5.75 Å². The Labute approximate surface area is 123 Å². The lowest BCUT2D eigenvalue weighted by molar-refractivity contribution is 0.470. The average Bonchev–Trinajstić information content (AvgIpc) is 2.50. The van der Waals surface area contributed by atoms with Crippen molar-refractivity contribution in [2.75, 3.05) is 0 Å². The van der Waals surface area contributed by atoms with Gasteiger partial charge < -0.3 is 5.11 Å². The number of nitriles is 1. The molecule has 2 heteroatoms. The van der Waals surface area contributed by atoms with Crippen LogP contribution in [0.15, 0.2) is 54.6 Å². The highest BCUT2D eigenvalue weighted by Crippen LogP contribution is 2.30. The fraction of sp³-hybridized carbons (Fsp3) is 0.105. The standard InChI is InChI=1S/C19H15NO/c1-13-6-7-15(12-20)16(10-13)11-18-17-5-3-2-4-14(17)8-9-19(18)21/h2-10,21H,11H2,1H3. The topological polar surface area (TPSA) is 44.0 Å². The molecule has 3 aromatic rings. The highest BCUT2D eigenvalue weighted by atomic mass is 16.3. The van der Waals surface area contributed by atoms with Gasteiger partial charge in [0.25, 0.3) is 0 Å². The molecule has 0 spiro atoms. The molecule has 0 unspecified atom stereocenters.